The molecule has 0 atom stereocenters. The SMILES string of the molecule is CNc1nc(OC(C)C)nc(N(C)CC(=O)NC(C)C)n1. The third-order valence-corrected chi connectivity index (χ3v) is 2.34. The molecule has 1 aromatic heterocycles. The standard InChI is InChI=1S/C13H24N6O2/c1-8(2)15-10(20)7-19(6)12-16-11(14-5)17-13(18-12)21-9(3)4/h8-9H,7H2,1-6H3,(H,15,20)(H,14,16,17,18). The van der Waals surface area contributed by atoms with Gasteiger partial charge in [0, 0.05) is 20.1 Å². The number of nitrogens with one attached hydrogen (secondary N) is 2. The number of amides is 1. The second-order valence-corrected chi connectivity index (χ2v) is 5.24. The smallest absolute Gasteiger partial charge is 0.323 e. The van der Waals surface area contributed by atoms with Crippen molar-refractivity contribution in [3.63, 3.8) is 0 Å². The van der Waals surface area contributed by atoms with Gasteiger partial charge >= 0.3 is 6.01 Å². The van der Waals surface area contributed by atoms with Crippen LogP contribution in [-0.2, 0) is 4.79 Å². The molecule has 0 aromatic carbocycles. The minimum Gasteiger partial charge on any atom is -0.461 e. The van der Waals surface area contributed by atoms with Crippen LogP contribution in [0.1, 0.15) is 27.7 Å². The van der Waals surface area contributed by atoms with Gasteiger partial charge < -0.3 is 20.3 Å². The molecule has 1 aromatic rings. The zero-order valence-corrected chi connectivity index (χ0v) is 13.5. The van der Waals surface area contributed by atoms with Gasteiger partial charge in [0.15, 0.2) is 0 Å². The Morgan fingerprint density at radius 1 is 1.24 bits per heavy atom. The summed E-state index contributed by atoms with van der Waals surface area (Å²) in [7, 11) is 3.46. The van der Waals surface area contributed by atoms with Crippen LogP contribution in [0.3, 0.4) is 0 Å². The highest BCUT2D eigenvalue weighted by Crippen LogP contribution is 2.14. The summed E-state index contributed by atoms with van der Waals surface area (Å²) in [4.78, 5) is 26.0. The highest BCUT2D eigenvalue weighted by atomic mass is 16.5. The second kappa shape index (κ2) is 7.61. The van der Waals surface area contributed by atoms with Crippen molar-refractivity contribution >= 4 is 17.8 Å². The van der Waals surface area contributed by atoms with Crippen molar-refractivity contribution in [2.24, 2.45) is 0 Å². The Balaban J connectivity index is 2.87. The third-order valence-electron chi connectivity index (χ3n) is 2.34. The van der Waals surface area contributed by atoms with Crippen LogP contribution < -0.4 is 20.3 Å². The van der Waals surface area contributed by atoms with Crippen LogP contribution in [0.25, 0.3) is 0 Å². The number of carbonyl (C=O) groups is 1. The quantitative estimate of drug-likeness (QED) is 0.763. The summed E-state index contributed by atoms with van der Waals surface area (Å²) in [6.45, 7) is 7.76. The molecule has 1 amide bonds. The predicted octanol–water partition coefficient (Wildman–Crippen LogP) is 0.661. The first-order valence-electron chi connectivity index (χ1n) is 6.92. The highest BCUT2D eigenvalue weighted by molar-refractivity contribution is 5.80. The molecule has 8 nitrogen and oxygen atoms in total. The Morgan fingerprint density at radius 3 is 2.43 bits per heavy atom. The monoisotopic (exact) mass is 296 g/mol. The topological polar surface area (TPSA) is 92.3 Å². The third kappa shape index (κ3) is 5.80. The van der Waals surface area contributed by atoms with E-state index in [1.165, 1.54) is 0 Å². The molecule has 0 aliphatic rings. The van der Waals surface area contributed by atoms with Crippen molar-refractivity contribution in [2.45, 2.75) is 39.8 Å². The molecule has 0 saturated heterocycles. The molecule has 1 heterocycles. The van der Waals surface area contributed by atoms with Crippen molar-refractivity contribution in [1.82, 2.24) is 20.3 Å². The maximum Gasteiger partial charge on any atom is 0.323 e. The summed E-state index contributed by atoms with van der Waals surface area (Å²) in [6, 6.07) is 0.326. The fraction of sp³-hybridized carbons (Fsp3) is 0.692. The number of hydrogen-bond acceptors (Lipinski definition) is 7. The lowest BCUT2D eigenvalue weighted by molar-refractivity contribution is -0.120. The first-order valence-corrected chi connectivity index (χ1v) is 6.92. The molecule has 0 unspecified atom stereocenters. The van der Waals surface area contributed by atoms with Crippen molar-refractivity contribution < 1.29 is 9.53 Å². The van der Waals surface area contributed by atoms with E-state index in [4.69, 9.17) is 4.74 Å². The molecular formula is C13H24N6O2. The summed E-state index contributed by atoms with van der Waals surface area (Å²) in [5.41, 5.74) is 0. The van der Waals surface area contributed by atoms with Crippen LogP contribution >= 0.6 is 0 Å². The van der Waals surface area contributed by atoms with Crippen molar-refractivity contribution in [3.05, 3.63) is 0 Å². The van der Waals surface area contributed by atoms with Gasteiger partial charge in [-0.1, -0.05) is 0 Å². The van der Waals surface area contributed by atoms with Gasteiger partial charge in [-0.2, -0.15) is 15.0 Å². The van der Waals surface area contributed by atoms with E-state index in [9.17, 15) is 4.79 Å². The number of ether oxygens (including phenoxy) is 1. The molecule has 0 aliphatic carbocycles. The van der Waals surface area contributed by atoms with Gasteiger partial charge in [-0.15, -0.1) is 0 Å². The normalized spacial score (nSPS) is 10.7. The molecule has 0 fully saturated rings. The van der Waals surface area contributed by atoms with E-state index in [0.717, 1.165) is 0 Å². The van der Waals surface area contributed by atoms with Crippen molar-refractivity contribution in [1.29, 1.82) is 0 Å². The predicted molar refractivity (Wildman–Crippen MR) is 81.7 cm³/mol. The van der Waals surface area contributed by atoms with Crippen LogP contribution in [-0.4, -0.2) is 53.6 Å². The Hall–Kier alpha value is -2.12. The van der Waals surface area contributed by atoms with E-state index in [1.807, 2.05) is 27.7 Å². The van der Waals surface area contributed by atoms with Crippen LogP contribution in [0.5, 0.6) is 6.01 Å². The van der Waals surface area contributed by atoms with E-state index < -0.39 is 0 Å². The average Bonchev–Trinajstić information content (AvgIpc) is 2.36. The molecule has 0 bridgehead atoms. The Labute approximate surface area is 125 Å². The molecule has 21 heavy (non-hydrogen) atoms. The number of likely N-dealkylation sites (N-methyl/N-ethyl adjacent to an activating group) is 1. The van der Waals surface area contributed by atoms with E-state index in [1.54, 1.807) is 19.0 Å². The molecule has 118 valence electrons. The lowest BCUT2D eigenvalue weighted by Crippen LogP contribution is -2.39. The number of anilines is 2. The molecule has 8 heteroatoms. The Morgan fingerprint density at radius 2 is 1.90 bits per heavy atom. The largest absolute Gasteiger partial charge is 0.461 e. The minimum absolute atomic E-state index is 0.0421. The van der Waals surface area contributed by atoms with Gasteiger partial charge in [-0.25, -0.2) is 0 Å². The first-order chi connectivity index (χ1) is 9.81. The van der Waals surface area contributed by atoms with Gasteiger partial charge in [-0.3, -0.25) is 4.79 Å². The fourth-order valence-corrected chi connectivity index (χ4v) is 1.55. The zero-order chi connectivity index (χ0) is 16.0. The summed E-state index contributed by atoms with van der Waals surface area (Å²) in [6.07, 6.45) is -0.0421. The van der Waals surface area contributed by atoms with Crippen molar-refractivity contribution in [2.75, 3.05) is 30.9 Å². The second-order valence-electron chi connectivity index (χ2n) is 5.24. The van der Waals surface area contributed by atoms with Crippen LogP contribution in [0, 0.1) is 0 Å². The van der Waals surface area contributed by atoms with Gasteiger partial charge in [0.05, 0.1) is 12.6 Å². The molecule has 1 rings (SSSR count). The van der Waals surface area contributed by atoms with Crippen molar-refractivity contribution in [3.8, 4) is 6.01 Å². The summed E-state index contributed by atoms with van der Waals surface area (Å²) >= 11 is 0. The molecular weight excluding hydrogens is 272 g/mol. The number of hydrogen-bond donors (Lipinski definition) is 2. The fourth-order valence-electron chi connectivity index (χ4n) is 1.55. The lowest BCUT2D eigenvalue weighted by atomic mass is 10.4. The number of rotatable bonds is 7. The van der Waals surface area contributed by atoms with Gasteiger partial charge in [0.2, 0.25) is 17.8 Å². The Kier molecular flexibility index (Phi) is 6.13. The van der Waals surface area contributed by atoms with Crippen LogP contribution in [0.15, 0.2) is 0 Å². The summed E-state index contributed by atoms with van der Waals surface area (Å²) < 4.78 is 5.49. The average molecular weight is 296 g/mol. The van der Waals surface area contributed by atoms with Crippen LogP contribution in [0.4, 0.5) is 11.9 Å². The van der Waals surface area contributed by atoms with Gasteiger partial charge in [0.25, 0.3) is 0 Å². The molecule has 2 N–H and O–H groups in total. The van der Waals surface area contributed by atoms with E-state index in [0.29, 0.717) is 11.9 Å². The van der Waals surface area contributed by atoms with Gasteiger partial charge in [0.1, 0.15) is 0 Å². The zero-order valence-electron chi connectivity index (χ0n) is 13.5. The van der Waals surface area contributed by atoms with E-state index in [2.05, 4.69) is 25.6 Å². The Bertz CT molecular complexity index is 478. The number of aromatic nitrogens is 3. The summed E-state index contributed by atoms with van der Waals surface area (Å²) in [5.74, 6) is 0.681. The first kappa shape index (κ1) is 16.9. The minimum atomic E-state index is -0.0924. The molecule has 0 spiro atoms. The number of carbonyl (C=O) groups excluding carboxylic acids is 1. The van der Waals surface area contributed by atoms with E-state index in [-0.39, 0.29) is 30.6 Å². The van der Waals surface area contributed by atoms with Crippen LogP contribution in [0.2, 0.25) is 0 Å². The maximum absolute atomic E-state index is 11.8. The molecule has 0 radical (unpaired) electrons. The van der Waals surface area contributed by atoms with Gasteiger partial charge in [-0.05, 0) is 27.7 Å². The highest BCUT2D eigenvalue weighted by Gasteiger charge is 2.14. The lowest BCUT2D eigenvalue weighted by Gasteiger charge is -2.19. The number of nitrogens with zero attached hydrogens (tertiary/aromatic N) is 4. The summed E-state index contributed by atoms with van der Waals surface area (Å²) in [5, 5.41) is 5.67. The molecule has 0 aliphatic heterocycles. The van der Waals surface area contributed by atoms with E-state index >= 15 is 0 Å². The maximum atomic E-state index is 11.8. The molecule has 0 saturated carbocycles.